The maximum Gasteiger partial charge on any atom is 0.169 e. The number of amidine groups is 2. The third-order valence-electron chi connectivity index (χ3n) is 7.00. The van der Waals surface area contributed by atoms with E-state index >= 15 is 0 Å². The van der Waals surface area contributed by atoms with Crippen LogP contribution >= 0.6 is 0 Å². The Morgan fingerprint density at radius 1 is 0.649 bits per heavy atom. The molecule has 37 heavy (non-hydrogen) atoms. The summed E-state index contributed by atoms with van der Waals surface area (Å²) in [5.74, 6) is 2.31. The summed E-state index contributed by atoms with van der Waals surface area (Å²) in [6, 6.07) is 32.5. The Morgan fingerprint density at radius 3 is 2.22 bits per heavy atom. The summed E-state index contributed by atoms with van der Waals surface area (Å²) in [5.41, 5.74) is 6.31. The van der Waals surface area contributed by atoms with Crippen LogP contribution < -0.4 is 5.32 Å². The second-order valence-corrected chi connectivity index (χ2v) is 9.24. The van der Waals surface area contributed by atoms with E-state index in [4.69, 9.17) is 23.8 Å². The van der Waals surface area contributed by atoms with Gasteiger partial charge in [0.15, 0.2) is 12.0 Å². The maximum absolute atomic E-state index is 6.16. The Labute approximate surface area is 211 Å². The van der Waals surface area contributed by atoms with Gasteiger partial charge in [-0.25, -0.2) is 9.98 Å². The van der Waals surface area contributed by atoms with E-state index in [2.05, 4.69) is 29.6 Å². The molecule has 1 atom stereocenters. The van der Waals surface area contributed by atoms with Gasteiger partial charge in [0.1, 0.15) is 34.1 Å². The monoisotopic (exact) mass is 480 g/mol. The van der Waals surface area contributed by atoms with Gasteiger partial charge in [0, 0.05) is 27.3 Å². The molecule has 4 heterocycles. The van der Waals surface area contributed by atoms with Crippen LogP contribution in [0.5, 0.6) is 0 Å². The molecule has 0 amide bonds. The van der Waals surface area contributed by atoms with Crippen LogP contribution in [0.3, 0.4) is 0 Å². The maximum atomic E-state index is 6.16. The van der Waals surface area contributed by atoms with E-state index in [-0.39, 0.29) is 0 Å². The molecule has 6 nitrogen and oxygen atoms in total. The zero-order chi connectivity index (χ0) is 24.3. The number of hydrogen-bond acceptors (Lipinski definition) is 6. The number of para-hydroxylation sites is 2. The van der Waals surface area contributed by atoms with Crippen LogP contribution in [0.4, 0.5) is 0 Å². The number of furan rings is 2. The van der Waals surface area contributed by atoms with Gasteiger partial charge in [0.05, 0.1) is 12.1 Å². The number of nitrogens with zero attached hydrogens (tertiary/aromatic N) is 3. The van der Waals surface area contributed by atoms with Gasteiger partial charge < -0.3 is 14.2 Å². The highest BCUT2D eigenvalue weighted by Gasteiger charge is 2.30. The summed E-state index contributed by atoms with van der Waals surface area (Å²) in [4.78, 5) is 14.9. The normalized spacial score (nSPS) is 17.0. The largest absolute Gasteiger partial charge is 0.458 e. The molecule has 6 aromatic rings. The Kier molecular flexibility index (Phi) is 4.25. The summed E-state index contributed by atoms with van der Waals surface area (Å²) >= 11 is 0. The highest BCUT2D eigenvalue weighted by molar-refractivity contribution is 6.52. The van der Waals surface area contributed by atoms with Crippen molar-refractivity contribution in [3.05, 3.63) is 120 Å². The lowest BCUT2D eigenvalue weighted by Crippen LogP contribution is -2.40. The predicted octanol–water partition coefficient (Wildman–Crippen LogP) is 6.78. The number of nitrogens with one attached hydrogen (secondary N) is 1. The molecule has 0 aliphatic carbocycles. The number of benzene rings is 4. The molecule has 176 valence electrons. The molecular weight excluding hydrogens is 460 g/mol. The predicted molar refractivity (Wildman–Crippen MR) is 146 cm³/mol. The molecule has 0 fully saturated rings. The van der Waals surface area contributed by atoms with Crippen molar-refractivity contribution >= 4 is 50.3 Å². The first kappa shape index (κ1) is 20.2. The average Bonchev–Trinajstić information content (AvgIpc) is 3.64. The minimum Gasteiger partial charge on any atom is -0.458 e. The quantitative estimate of drug-likeness (QED) is 0.303. The summed E-state index contributed by atoms with van der Waals surface area (Å²) in [7, 11) is 0. The van der Waals surface area contributed by atoms with Gasteiger partial charge in [-0.1, -0.05) is 78.9 Å². The van der Waals surface area contributed by atoms with Crippen molar-refractivity contribution in [3.8, 4) is 0 Å². The fourth-order valence-electron chi connectivity index (χ4n) is 5.26. The molecular formula is C31H20N4O2. The molecule has 0 saturated carbocycles. The van der Waals surface area contributed by atoms with Gasteiger partial charge in [-0.05, 0) is 18.2 Å². The van der Waals surface area contributed by atoms with Crippen LogP contribution in [0.25, 0.3) is 32.9 Å². The van der Waals surface area contributed by atoms with Gasteiger partial charge in [-0.15, -0.1) is 0 Å². The molecule has 6 heteroatoms. The van der Waals surface area contributed by atoms with E-state index in [1.807, 2.05) is 72.8 Å². The van der Waals surface area contributed by atoms with Crippen molar-refractivity contribution < 1.29 is 8.83 Å². The summed E-state index contributed by atoms with van der Waals surface area (Å²) in [6.07, 6.45) is -0.450. The van der Waals surface area contributed by atoms with Crippen LogP contribution in [0.15, 0.2) is 121 Å². The molecule has 4 aromatic carbocycles. The Bertz CT molecular complexity index is 1940. The van der Waals surface area contributed by atoms with Crippen molar-refractivity contribution in [3.63, 3.8) is 0 Å². The van der Waals surface area contributed by atoms with E-state index in [9.17, 15) is 0 Å². The molecule has 2 aliphatic rings. The van der Waals surface area contributed by atoms with Crippen molar-refractivity contribution in [2.24, 2.45) is 15.0 Å². The van der Waals surface area contributed by atoms with Crippen molar-refractivity contribution in [1.82, 2.24) is 5.32 Å². The van der Waals surface area contributed by atoms with Crippen LogP contribution in [-0.2, 0) is 6.54 Å². The number of rotatable bonds is 3. The average molecular weight is 481 g/mol. The molecule has 0 bridgehead atoms. The Hall–Kier alpha value is -4.97. The van der Waals surface area contributed by atoms with Crippen molar-refractivity contribution in [2.75, 3.05) is 0 Å². The van der Waals surface area contributed by atoms with Gasteiger partial charge >= 0.3 is 0 Å². The van der Waals surface area contributed by atoms with Crippen LogP contribution in [0.2, 0.25) is 0 Å². The van der Waals surface area contributed by atoms with Gasteiger partial charge in [0.25, 0.3) is 0 Å². The fraction of sp³-hybridized carbons (Fsp3) is 0.0645. The lowest BCUT2D eigenvalue weighted by molar-refractivity contribution is 0.557. The molecule has 0 spiro atoms. The number of fused-ring (bicyclic) bond motifs is 6. The van der Waals surface area contributed by atoms with Gasteiger partial charge in [-0.3, -0.25) is 4.99 Å². The zero-order valence-corrected chi connectivity index (χ0v) is 19.7. The first-order valence-electron chi connectivity index (χ1n) is 12.3. The molecule has 1 unspecified atom stereocenters. The molecule has 0 radical (unpaired) electrons. The third-order valence-corrected chi connectivity index (χ3v) is 7.00. The Morgan fingerprint density at radius 2 is 1.35 bits per heavy atom. The SMILES string of the molecule is c1ccc(C2=NC(c3ccc4c(c3)oc3ccccc34)N=C(C3=NCc4oc5ccccc5c43)N2)cc1. The van der Waals surface area contributed by atoms with Crippen molar-refractivity contribution in [2.45, 2.75) is 12.7 Å². The molecule has 2 aliphatic heterocycles. The first-order chi connectivity index (χ1) is 18.3. The minimum atomic E-state index is -0.450. The molecule has 8 rings (SSSR count). The number of hydrogen-bond donors (Lipinski definition) is 1. The van der Waals surface area contributed by atoms with E-state index in [1.54, 1.807) is 0 Å². The van der Waals surface area contributed by atoms with Crippen LogP contribution in [0.1, 0.15) is 28.6 Å². The summed E-state index contributed by atoms with van der Waals surface area (Å²) < 4.78 is 12.2. The highest BCUT2D eigenvalue weighted by Crippen LogP contribution is 2.35. The van der Waals surface area contributed by atoms with Gasteiger partial charge in [-0.2, -0.15) is 0 Å². The van der Waals surface area contributed by atoms with E-state index in [1.165, 1.54) is 0 Å². The lowest BCUT2D eigenvalue weighted by Gasteiger charge is -2.22. The molecule has 2 aromatic heterocycles. The number of aliphatic imine (C=N–C) groups is 3. The third kappa shape index (κ3) is 3.16. The molecule has 1 N–H and O–H groups in total. The standard InChI is InChI=1S/C31H20N4O2/c1-2-8-18(9-3-1)29-33-30(19-14-15-21-20-10-4-6-12-23(20)36-25(21)16-19)35-31(34-29)28-27-22-11-5-7-13-24(22)37-26(27)17-32-28/h1-16,30H,17H2,(H,33,34,35). The molecule has 0 saturated heterocycles. The minimum absolute atomic E-state index is 0.450. The summed E-state index contributed by atoms with van der Waals surface area (Å²) in [5, 5.41) is 6.70. The van der Waals surface area contributed by atoms with Crippen LogP contribution in [-0.4, -0.2) is 17.4 Å². The van der Waals surface area contributed by atoms with E-state index in [0.29, 0.717) is 12.4 Å². The zero-order valence-electron chi connectivity index (χ0n) is 19.7. The fourth-order valence-corrected chi connectivity index (χ4v) is 5.26. The highest BCUT2D eigenvalue weighted by atomic mass is 16.3. The van der Waals surface area contributed by atoms with Crippen LogP contribution in [0, 0.1) is 0 Å². The summed E-state index contributed by atoms with van der Waals surface area (Å²) in [6.45, 7) is 0.494. The lowest BCUT2D eigenvalue weighted by atomic mass is 10.0. The van der Waals surface area contributed by atoms with Crippen molar-refractivity contribution in [1.29, 1.82) is 0 Å². The second kappa shape index (κ2) is 7.77. The van der Waals surface area contributed by atoms with E-state index in [0.717, 1.165) is 66.9 Å². The second-order valence-electron chi connectivity index (χ2n) is 9.24. The topological polar surface area (TPSA) is 75.4 Å². The first-order valence-corrected chi connectivity index (χ1v) is 12.3. The van der Waals surface area contributed by atoms with E-state index < -0.39 is 6.17 Å². The smallest absolute Gasteiger partial charge is 0.169 e. The van der Waals surface area contributed by atoms with Gasteiger partial charge in [0.2, 0.25) is 0 Å². The Balaban J connectivity index is 1.28.